The molecule has 0 aliphatic carbocycles. The Kier molecular flexibility index (Phi) is 9.35. The van der Waals surface area contributed by atoms with Crippen molar-refractivity contribution in [3.05, 3.63) is 77.8 Å². The van der Waals surface area contributed by atoms with Gasteiger partial charge < -0.3 is 29.2 Å². The third kappa shape index (κ3) is 6.49. The lowest BCUT2D eigenvalue weighted by Gasteiger charge is -2.41. The maximum atomic E-state index is 12.6. The monoisotopic (exact) mass is 622 g/mol. The average molecular weight is 623 g/mol. The number of rotatable bonds is 9. The van der Waals surface area contributed by atoms with Crippen LogP contribution in [0.3, 0.4) is 0 Å². The van der Waals surface area contributed by atoms with Gasteiger partial charge in [0.2, 0.25) is 18.4 Å². The maximum Gasteiger partial charge on any atom is 0.318 e. The summed E-state index contributed by atoms with van der Waals surface area (Å²) in [4.78, 5) is 48.8. The van der Waals surface area contributed by atoms with Gasteiger partial charge in [0.05, 0.1) is 18.8 Å². The van der Waals surface area contributed by atoms with Gasteiger partial charge in [-0.1, -0.05) is 43.0 Å². The van der Waals surface area contributed by atoms with Crippen molar-refractivity contribution in [2.75, 3.05) is 76.3 Å². The predicted molar refractivity (Wildman–Crippen MR) is 179 cm³/mol. The van der Waals surface area contributed by atoms with Gasteiger partial charge in [-0.05, 0) is 43.3 Å². The van der Waals surface area contributed by atoms with Gasteiger partial charge in [-0.25, -0.2) is 6.57 Å². The Morgan fingerprint density at radius 3 is 2.70 bits per heavy atom. The van der Waals surface area contributed by atoms with E-state index in [0.717, 1.165) is 49.4 Å². The molecule has 2 saturated heterocycles. The number of nitrogens with zero attached hydrogens (tertiary/aromatic N) is 8. The molecule has 0 unspecified atom stereocenters. The van der Waals surface area contributed by atoms with E-state index in [0.29, 0.717) is 45.3 Å². The number of anilines is 2. The zero-order chi connectivity index (χ0) is 32.2. The molecule has 11 nitrogen and oxygen atoms in total. The van der Waals surface area contributed by atoms with Crippen LogP contribution in [0.2, 0.25) is 0 Å². The molecular weight excluding hydrogens is 580 g/mol. The van der Waals surface area contributed by atoms with Crippen LogP contribution in [0.25, 0.3) is 15.6 Å². The number of likely N-dealkylation sites (tertiary alicyclic amines) is 1. The largest absolute Gasteiger partial charge is 0.462 e. The number of aromatic nitrogens is 2. The van der Waals surface area contributed by atoms with Crippen LogP contribution in [0.5, 0.6) is 6.01 Å². The summed E-state index contributed by atoms with van der Waals surface area (Å²) in [5.41, 5.74) is 3.19. The SMILES string of the molecule is [C-]#[N+]C[C@H]1CN(c2nc(OC[C@@H]3CCCN3CC(=O)N(C)C)nc3c2CCN(c2cccc4ccccc24)C3)CCN1C(=O)C=C. The topological polar surface area (TPSA) is 89.7 Å². The van der Waals surface area contributed by atoms with E-state index in [2.05, 4.69) is 68.6 Å². The van der Waals surface area contributed by atoms with E-state index in [4.69, 9.17) is 21.3 Å². The highest BCUT2D eigenvalue weighted by atomic mass is 16.5. The number of hydrogen-bond donors (Lipinski definition) is 0. The highest BCUT2D eigenvalue weighted by Gasteiger charge is 2.35. The Hall–Kier alpha value is -4.69. The molecule has 1 aromatic heterocycles. The number of benzene rings is 2. The van der Waals surface area contributed by atoms with Crippen molar-refractivity contribution in [1.82, 2.24) is 24.7 Å². The number of piperazine rings is 1. The molecule has 3 aliphatic rings. The molecule has 0 radical (unpaired) electrons. The lowest BCUT2D eigenvalue weighted by atomic mass is 10.0. The van der Waals surface area contributed by atoms with Gasteiger partial charge in [0, 0.05) is 63.0 Å². The molecule has 2 amide bonds. The molecule has 11 heteroatoms. The predicted octanol–water partition coefficient (Wildman–Crippen LogP) is 3.25. The van der Waals surface area contributed by atoms with E-state index in [9.17, 15) is 9.59 Å². The Morgan fingerprint density at radius 1 is 1.07 bits per heavy atom. The van der Waals surface area contributed by atoms with Gasteiger partial charge in [0.25, 0.3) is 0 Å². The molecule has 4 heterocycles. The minimum Gasteiger partial charge on any atom is -0.462 e. The first kappa shape index (κ1) is 31.3. The van der Waals surface area contributed by atoms with Crippen molar-refractivity contribution in [1.29, 1.82) is 0 Å². The Labute approximate surface area is 270 Å². The Balaban J connectivity index is 1.30. The van der Waals surface area contributed by atoms with Gasteiger partial charge in [-0.2, -0.15) is 9.97 Å². The van der Waals surface area contributed by atoms with Gasteiger partial charge in [-0.15, -0.1) is 0 Å². The number of likely N-dealkylation sites (N-methyl/N-ethyl adjacent to an activating group) is 1. The normalized spacial score (nSPS) is 19.9. The van der Waals surface area contributed by atoms with E-state index >= 15 is 0 Å². The molecule has 2 atom stereocenters. The average Bonchev–Trinajstić information content (AvgIpc) is 3.52. The molecule has 0 saturated carbocycles. The second-order valence-corrected chi connectivity index (χ2v) is 12.5. The van der Waals surface area contributed by atoms with Crippen LogP contribution in [-0.4, -0.2) is 115 Å². The van der Waals surface area contributed by atoms with Crippen molar-refractivity contribution >= 4 is 34.1 Å². The van der Waals surface area contributed by atoms with Gasteiger partial charge in [0.15, 0.2) is 0 Å². The van der Waals surface area contributed by atoms with E-state index < -0.39 is 0 Å². The molecule has 0 bridgehead atoms. The summed E-state index contributed by atoms with van der Waals surface area (Å²) in [7, 11) is 3.56. The molecule has 2 fully saturated rings. The summed E-state index contributed by atoms with van der Waals surface area (Å²) in [6.45, 7) is 16.0. The fourth-order valence-corrected chi connectivity index (χ4v) is 6.90. The fraction of sp³-hybridized carbons (Fsp3) is 0.457. The number of carbonyl (C=O) groups is 2. The van der Waals surface area contributed by atoms with Gasteiger partial charge in [-0.3, -0.25) is 14.5 Å². The van der Waals surface area contributed by atoms with Gasteiger partial charge in [0.1, 0.15) is 18.5 Å². The van der Waals surface area contributed by atoms with Crippen LogP contribution < -0.4 is 14.5 Å². The minimum atomic E-state index is -0.260. The van der Waals surface area contributed by atoms with Gasteiger partial charge >= 0.3 is 6.01 Å². The highest BCUT2D eigenvalue weighted by molar-refractivity contribution is 5.94. The number of carbonyl (C=O) groups excluding carboxylic acids is 2. The molecule has 3 aliphatic heterocycles. The quantitative estimate of drug-likeness (QED) is 0.266. The van der Waals surface area contributed by atoms with Crippen LogP contribution in [0.4, 0.5) is 11.5 Å². The van der Waals surface area contributed by atoms with Crippen LogP contribution in [0, 0.1) is 6.57 Å². The van der Waals surface area contributed by atoms with E-state index in [1.807, 2.05) is 0 Å². The first-order valence-corrected chi connectivity index (χ1v) is 16.1. The van der Waals surface area contributed by atoms with Crippen LogP contribution in [0.1, 0.15) is 24.1 Å². The van der Waals surface area contributed by atoms with E-state index in [1.165, 1.54) is 22.5 Å². The van der Waals surface area contributed by atoms with Crippen molar-refractivity contribution in [2.45, 2.75) is 37.9 Å². The first-order chi connectivity index (χ1) is 22.4. The second-order valence-electron chi connectivity index (χ2n) is 12.5. The first-order valence-electron chi connectivity index (χ1n) is 16.1. The summed E-state index contributed by atoms with van der Waals surface area (Å²) < 4.78 is 6.36. The Morgan fingerprint density at radius 2 is 1.89 bits per heavy atom. The third-order valence-corrected chi connectivity index (χ3v) is 9.41. The number of fused-ring (bicyclic) bond motifs is 2. The lowest BCUT2D eigenvalue weighted by molar-refractivity contribution is -0.130. The van der Waals surface area contributed by atoms with Crippen LogP contribution >= 0.6 is 0 Å². The highest BCUT2D eigenvalue weighted by Crippen LogP contribution is 2.35. The summed E-state index contributed by atoms with van der Waals surface area (Å²) in [5.74, 6) is 0.752. The number of amides is 2. The second kappa shape index (κ2) is 13.7. The smallest absolute Gasteiger partial charge is 0.318 e. The molecule has 46 heavy (non-hydrogen) atoms. The summed E-state index contributed by atoms with van der Waals surface area (Å²) >= 11 is 0. The third-order valence-electron chi connectivity index (χ3n) is 9.41. The van der Waals surface area contributed by atoms with Crippen LogP contribution in [-0.2, 0) is 22.6 Å². The van der Waals surface area contributed by atoms with Crippen molar-refractivity contribution < 1.29 is 14.3 Å². The molecular formula is C35H42N8O3. The molecule has 2 aromatic carbocycles. The van der Waals surface area contributed by atoms with Crippen molar-refractivity contribution in [2.24, 2.45) is 0 Å². The van der Waals surface area contributed by atoms with Crippen LogP contribution in [0.15, 0.2) is 55.1 Å². The summed E-state index contributed by atoms with van der Waals surface area (Å²) in [6.07, 6.45) is 4.05. The summed E-state index contributed by atoms with van der Waals surface area (Å²) in [6, 6.07) is 15.0. The van der Waals surface area contributed by atoms with Crippen molar-refractivity contribution in [3.8, 4) is 6.01 Å². The number of hydrogen-bond acceptors (Lipinski definition) is 8. The standard InChI is InChI=1S/C35H42N8O3/c1-5-32(44)43-19-18-42(21-27(43)20-36-2)34-29-15-17-41(31-14-8-11-25-10-6-7-13-28(25)31)22-30(29)37-35(38-34)46-24-26-12-9-16-40(26)23-33(45)39(3)4/h5-8,10-11,13-14,26-27H,1,9,12,15-24H2,3-4H3/t26-,27-/m0/s1. The van der Waals surface area contributed by atoms with E-state index in [1.54, 1.807) is 23.9 Å². The Bertz CT molecular complexity index is 1650. The zero-order valence-corrected chi connectivity index (χ0v) is 26.8. The minimum absolute atomic E-state index is 0.0794. The molecule has 240 valence electrons. The maximum absolute atomic E-state index is 12.6. The summed E-state index contributed by atoms with van der Waals surface area (Å²) in [5, 5.41) is 2.41. The van der Waals surface area contributed by atoms with Crippen molar-refractivity contribution in [3.63, 3.8) is 0 Å². The fourth-order valence-electron chi connectivity index (χ4n) is 6.90. The molecule has 6 rings (SSSR count). The lowest BCUT2D eigenvalue weighted by Crippen LogP contribution is -2.56. The molecule has 3 aromatic rings. The zero-order valence-electron chi connectivity index (χ0n) is 26.8. The number of ether oxygens (including phenoxy) is 1. The molecule has 0 spiro atoms. The molecule has 0 N–H and O–H groups in total. The van der Waals surface area contributed by atoms with E-state index in [-0.39, 0.29) is 30.4 Å².